The van der Waals surface area contributed by atoms with E-state index in [4.69, 9.17) is 23.2 Å². The van der Waals surface area contributed by atoms with Crippen LogP contribution in [0.4, 0.5) is 0 Å². The Morgan fingerprint density at radius 3 is 2.50 bits per heavy atom. The van der Waals surface area contributed by atoms with Crippen LogP contribution in [0.3, 0.4) is 0 Å². The second kappa shape index (κ2) is 6.79. The first kappa shape index (κ1) is 15.6. The summed E-state index contributed by atoms with van der Waals surface area (Å²) in [5.74, 6) is 0.413. The number of amides is 1. The lowest BCUT2D eigenvalue weighted by molar-refractivity contribution is -0.134. The molecule has 0 spiro atoms. The molecule has 3 nitrogen and oxygen atoms in total. The van der Waals surface area contributed by atoms with Crippen molar-refractivity contribution < 1.29 is 4.79 Å². The van der Waals surface area contributed by atoms with Crippen molar-refractivity contribution in [3.63, 3.8) is 0 Å². The summed E-state index contributed by atoms with van der Waals surface area (Å²) in [5, 5.41) is 1.37. The van der Waals surface area contributed by atoms with E-state index in [9.17, 15) is 4.79 Å². The highest BCUT2D eigenvalue weighted by atomic mass is 35.5. The van der Waals surface area contributed by atoms with Gasteiger partial charge in [0.25, 0.3) is 0 Å². The Hall–Kier alpha value is -0.770. The minimum Gasteiger partial charge on any atom is -0.349 e. The summed E-state index contributed by atoms with van der Waals surface area (Å²) in [4.78, 5) is 16.0. The molecule has 0 aromatic heterocycles. The molecule has 0 N–H and O–H groups in total. The molecular formula is C15H20Cl2N2O. The van der Waals surface area contributed by atoms with Gasteiger partial charge in [-0.25, -0.2) is 0 Å². The van der Waals surface area contributed by atoms with Crippen LogP contribution in [0.25, 0.3) is 0 Å². The molecule has 1 aromatic rings. The molecule has 1 fully saturated rings. The zero-order chi connectivity index (χ0) is 14.7. The van der Waals surface area contributed by atoms with E-state index >= 15 is 0 Å². The summed E-state index contributed by atoms with van der Waals surface area (Å²) in [5.41, 5.74) is 1.09. The largest absolute Gasteiger partial charge is 0.349 e. The van der Waals surface area contributed by atoms with E-state index in [0.29, 0.717) is 10.0 Å². The standard InChI is InChI=1S/C15H20Cl2N2O/c1-18(2)15(20)11-5-7-19(8-6-11)10-12-3-4-13(16)9-14(12)17/h3-4,9,11H,5-8,10H2,1-2H3. The van der Waals surface area contributed by atoms with Crippen molar-refractivity contribution in [1.82, 2.24) is 9.80 Å². The topological polar surface area (TPSA) is 23.6 Å². The van der Waals surface area contributed by atoms with Crippen molar-refractivity contribution >= 4 is 29.1 Å². The summed E-state index contributed by atoms with van der Waals surface area (Å²) < 4.78 is 0. The van der Waals surface area contributed by atoms with Crippen LogP contribution in [-0.2, 0) is 11.3 Å². The average Bonchev–Trinajstić information content (AvgIpc) is 2.42. The number of benzene rings is 1. The highest BCUT2D eigenvalue weighted by Crippen LogP contribution is 2.25. The summed E-state index contributed by atoms with van der Waals surface area (Å²) in [6, 6.07) is 5.62. The van der Waals surface area contributed by atoms with Crippen molar-refractivity contribution in [3.8, 4) is 0 Å². The van der Waals surface area contributed by atoms with Crippen LogP contribution < -0.4 is 0 Å². The predicted octanol–water partition coefficient (Wildman–Crippen LogP) is 3.29. The van der Waals surface area contributed by atoms with Gasteiger partial charge < -0.3 is 4.90 Å². The molecule has 1 saturated heterocycles. The van der Waals surface area contributed by atoms with Gasteiger partial charge in [0, 0.05) is 36.6 Å². The highest BCUT2D eigenvalue weighted by molar-refractivity contribution is 6.35. The van der Waals surface area contributed by atoms with Crippen molar-refractivity contribution in [2.45, 2.75) is 19.4 Å². The maximum Gasteiger partial charge on any atom is 0.225 e. The Morgan fingerprint density at radius 2 is 1.95 bits per heavy atom. The molecule has 20 heavy (non-hydrogen) atoms. The SMILES string of the molecule is CN(C)C(=O)C1CCN(Cc2ccc(Cl)cc2Cl)CC1. The fourth-order valence-electron chi connectivity index (χ4n) is 2.59. The monoisotopic (exact) mass is 314 g/mol. The quantitative estimate of drug-likeness (QED) is 0.854. The van der Waals surface area contributed by atoms with Gasteiger partial charge in [0.15, 0.2) is 0 Å². The number of hydrogen-bond donors (Lipinski definition) is 0. The molecule has 5 heteroatoms. The molecule has 1 heterocycles. The van der Waals surface area contributed by atoms with E-state index in [1.165, 1.54) is 0 Å². The predicted molar refractivity (Wildman–Crippen MR) is 83.2 cm³/mol. The van der Waals surface area contributed by atoms with Crippen LogP contribution in [0.5, 0.6) is 0 Å². The van der Waals surface area contributed by atoms with Crippen molar-refractivity contribution in [1.29, 1.82) is 0 Å². The van der Waals surface area contributed by atoms with Crippen molar-refractivity contribution in [3.05, 3.63) is 33.8 Å². The second-order valence-corrected chi connectivity index (χ2v) is 6.36. The third-order valence-electron chi connectivity index (χ3n) is 3.79. The first-order chi connectivity index (χ1) is 9.47. The van der Waals surface area contributed by atoms with Gasteiger partial charge in [-0.15, -0.1) is 0 Å². The summed E-state index contributed by atoms with van der Waals surface area (Å²) in [6.07, 6.45) is 1.84. The first-order valence-electron chi connectivity index (χ1n) is 6.85. The lowest BCUT2D eigenvalue weighted by Crippen LogP contribution is -2.39. The van der Waals surface area contributed by atoms with Crippen LogP contribution in [0.2, 0.25) is 10.0 Å². The molecule has 1 aromatic carbocycles. The maximum absolute atomic E-state index is 11.9. The van der Waals surface area contributed by atoms with E-state index < -0.39 is 0 Å². The van der Waals surface area contributed by atoms with Crippen LogP contribution in [0.1, 0.15) is 18.4 Å². The molecule has 0 saturated carbocycles. The molecule has 0 bridgehead atoms. The normalized spacial score (nSPS) is 17.2. The number of rotatable bonds is 3. The van der Waals surface area contributed by atoms with Gasteiger partial charge in [-0.05, 0) is 43.6 Å². The fourth-order valence-corrected chi connectivity index (χ4v) is 3.06. The van der Waals surface area contributed by atoms with Gasteiger partial charge in [-0.2, -0.15) is 0 Å². The molecule has 110 valence electrons. The molecule has 1 aliphatic rings. The third kappa shape index (κ3) is 3.87. The number of carbonyl (C=O) groups is 1. The van der Waals surface area contributed by atoms with Gasteiger partial charge in [0.2, 0.25) is 5.91 Å². The van der Waals surface area contributed by atoms with Crippen molar-refractivity contribution in [2.24, 2.45) is 5.92 Å². The van der Waals surface area contributed by atoms with E-state index in [-0.39, 0.29) is 11.8 Å². The number of nitrogens with zero attached hydrogens (tertiary/aromatic N) is 2. The van der Waals surface area contributed by atoms with Crippen LogP contribution >= 0.6 is 23.2 Å². The van der Waals surface area contributed by atoms with Gasteiger partial charge in [-0.3, -0.25) is 9.69 Å². The minimum absolute atomic E-state index is 0.168. The number of piperidine rings is 1. The van der Waals surface area contributed by atoms with Gasteiger partial charge >= 0.3 is 0 Å². The Balaban J connectivity index is 1.90. The molecular weight excluding hydrogens is 295 g/mol. The van der Waals surface area contributed by atoms with Gasteiger partial charge in [0.1, 0.15) is 0 Å². The Labute approximate surface area is 130 Å². The Kier molecular flexibility index (Phi) is 5.30. The summed E-state index contributed by atoms with van der Waals surface area (Å²) in [7, 11) is 3.64. The molecule has 1 aliphatic heterocycles. The highest BCUT2D eigenvalue weighted by Gasteiger charge is 2.26. The average molecular weight is 315 g/mol. The molecule has 2 rings (SSSR count). The Morgan fingerprint density at radius 1 is 1.30 bits per heavy atom. The lowest BCUT2D eigenvalue weighted by atomic mass is 9.95. The number of hydrogen-bond acceptors (Lipinski definition) is 2. The van der Waals surface area contributed by atoms with Crippen molar-refractivity contribution in [2.75, 3.05) is 27.2 Å². The third-order valence-corrected chi connectivity index (χ3v) is 4.37. The van der Waals surface area contributed by atoms with E-state index in [1.54, 1.807) is 11.0 Å². The lowest BCUT2D eigenvalue weighted by Gasteiger charge is -2.32. The zero-order valence-electron chi connectivity index (χ0n) is 11.9. The first-order valence-corrected chi connectivity index (χ1v) is 7.60. The number of halogens is 2. The number of carbonyl (C=O) groups excluding carboxylic acids is 1. The molecule has 0 atom stereocenters. The van der Waals surface area contributed by atoms with Crippen LogP contribution in [-0.4, -0.2) is 42.9 Å². The van der Waals surface area contributed by atoms with Gasteiger partial charge in [-0.1, -0.05) is 29.3 Å². The van der Waals surface area contributed by atoms with Crippen LogP contribution in [0, 0.1) is 5.92 Å². The van der Waals surface area contributed by atoms with Crippen LogP contribution in [0.15, 0.2) is 18.2 Å². The smallest absolute Gasteiger partial charge is 0.225 e. The summed E-state index contributed by atoms with van der Waals surface area (Å²) in [6.45, 7) is 2.69. The molecule has 0 radical (unpaired) electrons. The summed E-state index contributed by atoms with van der Waals surface area (Å²) >= 11 is 12.1. The van der Waals surface area contributed by atoms with E-state index in [1.807, 2.05) is 26.2 Å². The second-order valence-electron chi connectivity index (χ2n) is 5.52. The van der Waals surface area contributed by atoms with E-state index in [0.717, 1.165) is 38.0 Å². The van der Waals surface area contributed by atoms with Gasteiger partial charge in [0.05, 0.1) is 0 Å². The molecule has 0 unspecified atom stereocenters. The minimum atomic E-state index is 0.168. The Bertz CT molecular complexity index is 483. The molecule has 0 aliphatic carbocycles. The zero-order valence-corrected chi connectivity index (χ0v) is 13.4. The maximum atomic E-state index is 11.9. The number of likely N-dealkylation sites (tertiary alicyclic amines) is 1. The fraction of sp³-hybridized carbons (Fsp3) is 0.533. The van der Waals surface area contributed by atoms with E-state index in [2.05, 4.69) is 4.90 Å². The molecule has 1 amide bonds.